The van der Waals surface area contributed by atoms with Crippen molar-refractivity contribution in [2.75, 3.05) is 13.2 Å². The molecule has 0 amide bonds. The van der Waals surface area contributed by atoms with Crippen molar-refractivity contribution < 1.29 is 69.1 Å². The molecule has 0 aliphatic heterocycles. The van der Waals surface area contributed by atoms with Gasteiger partial charge in [-0.1, -0.05) is 13.8 Å². The van der Waals surface area contributed by atoms with Crippen LogP contribution in [0.15, 0.2) is 12.1 Å². The maximum atomic E-state index is 11.9. The third-order valence-electron chi connectivity index (χ3n) is 1.59. The Bertz CT molecular complexity index is 170. The molecule has 0 heterocycles. The molecule has 6 heteroatoms. The normalized spacial score (nSPS) is 11.3. The molecule has 0 aromatic rings. The van der Waals surface area contributed by atoms with E-state index in [9.17, 15) is 12.9 Å². The smallest absolute Gasteiger partial charge is 0.445 e. The van der Waals surface area contributed by atoms with Crippen LogP contribution in [0.5, 0.6) is 0 Å². The summed E-state index contributed by atoms with van der Waals surface area (Å²) in [6, 6.07) is 0. The van der Waals surface area contributed by atoms with Gasteiger partial charge in [-0.25, -0.2) is 0 Å². The molecule has 0 N–H and O–H groups in total. The Kier molecular flexibility index (Phi) is 10.5. The van der Waals surface area contributed by atoms with Gasteiger partial charge < -0.3 is 17.7 Å². The van der Waals surface area contributed by atoms with E-state index in [0.717, 1.165) is 6.42 Å². The van der Waals surface area contributed by atoms with Crippen LogP contribution in [-0.4, -0.2) is 20.2 Å². The molecule has 0 aliphatic carbocycles. The molecule has 1 nitrogen and oxygen atoms in total. The summed E-state index contributed by atoms with van der Waals surface area (Å²) in [6.07, 6.45) is 0.776. The molecule has 0 aromatic heterocycles. The maximum Gasteiger partial charge on any atom is 1.00 e. The molecule has 0 aliphatic rings. The van der Waals surface area contributed by atoms with Gasteiger partial charge in [0.05, 0.1) is 0 Å². The monoisotopic (exact) mass is 234 g/mol. The van der Waals surface area contributed by atoms with Crippen molar-refractivity contribution in [3.63, 3.8) is 0 Å². The van der Waals surface area contributed by atoms with Crippen LogP contribution >= 0.6 is 0 Å². The molecule has 0 saturated heterocycles. The van der Waals surface area contributed by atoms with E-state index in [-0.39, 0.29) is 51.4 Å². The van der Waals surface area contributed by atoms with E-state index < -0.39 is 19.1 Å². The fraction of sp³-hybridized carbons (Fsp3) is 0.750. The minimum atomic E-state index is -4.92. The standard InChI is InChI=1S/C8H15BF3O.K/c1-7(2)4-5-13-6-8(3)9(10,11)12;/h7H,3-6H2,1-2H3;/q-1;+1. The van der Waals surface area contributed by atoms with Gasteiger partial charge in [-0.3, -0.25) is 0 Å². The topological polar surface area (TPSA) is 9.23 Å². The molecule has 0 unspecified atom stereocenters. The zero-order valence-corrected chi connectivity index (χ0v) is 12.1. The van der Waals surface area contributed by atoms with Gasteiger partial charge in [-0.05, 0) is 12.3 Å². The summed E-state index contributed by atoms with van der Waals surface area (Å²) in [5.74, 6) is 0.449. The zero-order chi connectivity index (χ0) is 10.5. The summed E-state index contributed by atoms with van der Waals surface area (Å²) in [7, 11) is 0. The Morgan fingerprint density at radius 3 is 2.21 bits per heavy atom. The second-order valence-electron chi connectivity index (χ2n) is 3.47. The van der Waals surface area contributed by atoms with Gasteiger partial charge in [0.1, 0.15) is 0 Å². The van der Waals surface area contributed by atoms with Crippen LogP contribution < -0.4 is 51.4 Å². The summed E-state index contributed by atoms with van der Waals surface area (Å²) in [4.78, 5) is 0. The fourth-order valence-corrected chi connectivity index (χ4v) is 0.617. The summed E-state index contributed by atoms with van der Waals surface area (Å²) in [5.41, 5.74) is -0.760. The molecule has 0 fully saturated rings. The van der Waals surface area contributed by atoms with E-state index in [1.807, 2.05) is 13.8 Å². The zero-order valence-electron chi connectivity index (χ0n) is 9.03. The number of rotatable bonds is 6. The largest absolute Gasteiger partial charge is 1.00 e. The van der Waals surface area contributed by atoms with Crippen LogP contribution in [0, 0.1) is 5.92 Å². The van der Waals surface area contributed by atoms with Gasteiger partial charge in [-0.2, -0.15) is 0 Å². The van der Waals surface area contributed by atoms with E-state index in [1.165, 1.54) is 0 Å². The summed E-state index contributed by atoms with van der Waals surface area (Å²) in [5, 5.41) is 0. The van der Waals surface area contributed by atoms with Crippen molar-refractivity contribution >= 4 is 6.98 Å². The van der Waals surface area contributed by atoms with Gasteiger partial charge in [0.2, 0.25) is 0 Å². The number of hydrogen-bond donors (Lipinski definition) is 0. The third kappa shape index (κ3) is 9.74. The molecule has 0 rings (SSSR count). The first-order valence-electron chi connectivity index (χ1n) is 4.29. The molecular formula is C8H15BF3KO. The van der Waals surface area contributed by atoms with Crippen molar-refractivity contribution in [2.45, 2.75) is 20.3 Å². The van der Waals surface area contributed by atoms with Crippen LogP contribution in [0.3, 0.4) is 0 Å². The number of ether oxygens (including phenoxy) is 1. The molecule has 14 heavy (non-hydrogen) atoms. The first kappa shape index (κ1) is 17.6. The molecule has 0 atom stereocenters. The number of halogens is 3. The molecular weight excluding hydrogens is 219 g/mol. The summed E-state index contributed by atoms with van der Waals surface area (Å²) < 4.78 is 40.6. The molecule has 0 spiro atoms. The SMILES string of the molecule is C=C(COCCC(C)C)[B-](F)(F)F.[K+]. The molecule has 0 saturated carbocycles. The van der Waals surface area contributed by atoms with E-state index in [4.69, 9.17) is 4.74 Å². The van der Waals surface area contributed by atoms with Gasteiger partial charge in [0, 0.05) is 13.2 Å². The van der Waals surface area contributed by atoms with Crippen molar-refractivity contribution in [2.24, 2.45) is 5.92 Å². The van der Waals surface area contributed by atoms with E-state index in [2.05, 4.69) is 6.58 Å². The summed E-state index contributed by atoms with van der Waals surface area (Å²) >= 11 is 0. The Labute approximate surface area is 126 Å². The average Bonchev–Trinajstić information content (AvgIpc) is 1.95. The van der Waals surface area contributed by atoms with Crippen LogP contribution in [0.4, 0.5) is 12.9 Å². The number of hydrogen-bond acceptors (Lipinski definition) is 1. The average molecular weight is 234 g/mol. The first-order chi connectivity index (χ1) is 5.84. The Hall–Kier alpha value is 1.19. The van der Waals surface area contributed by atoms with Crippen molar-refractivity contribution in [3.05, 3.63) is 12.1 Å². The molecule has 0 radical (unpaired) electrons. The first-order valence-corrected chi connectivity index (χ1v) is 4.29. The van der Waals surface area contributed by atoms with Gasteiger partial charge in [-0.15, -0.1) is 12.1 Å². The van der Waals surface area contributed by atoms with Crippen molar-refractivity contribution in [3.8, 4) is 0 Å². The van der Waals surface area contributed by atoms with Crippen LogP contribution in [0.2, 0.25) is 0 Å². The molecule has 78 valence electrons. The maximum absolute atomic E-state index is 11.9. The predicted molar refractivity (Wildman–Crippen MR) is 48.5 cm³/mol. The van der Waals surface area contributed by atoms with E-state index >= 15 is 0 Å². The Morgan fingerprint density at radius 1 is 1.36 bits per heavy atom. The van der Waals surface area contributed by atoms with E-state index in [0.29, 0.717) is 12.5 Å². The fourth-order valence-electron chi connectivity index (χ4n) is 0.617. The quantitative estimate of drug-likeness (QED) is 0.464. The Balaban J connectivity index is 0. The second-order valence-corrected chi connectivity index (χ2v) is 3.47. The van der Waals surface area contributed by atoms with Crippen LogP contribution in [-0.2, 0) is 4.74 Å². The van der Waals surface area contributed by atoms with Gasteiger partial charge >= 0.3 is 58.4 Å². The minimum Gasteiger partial charge on any atom is -0.445 e. The van der Waals surface area contributed by atoms with Crippen molar-refractivity contribution in [1.82, 2.24) is 0 Å². The molecule has 0 aromatic carbocycles. The summed E-state index contributed by atoms with van der Waals surface area (Å²) in [6.45, 7) is 1.95. The van der Waals surface area contributed by atoms with Gasteiger partial charge in [0.15, 0.2) is 0 Å². The van der Waals surface area contributed by atoms with Crippen LogP contribution in [0.1, 0.15) is 20.3 Å². The van der Waals surface area contributed by atoms with Crippen molar-refractivity contribution in [1.29, 1.82) is 0 Å². The molecule has 0 bridgehead atoms. The second kappa shape index (κ2) is 8.36. The predicted octanol–water partition coefficient (Wildman–Crippen LogP) is -0.00410. The Morgan fingerprint density at radius 2 is 1.86 bits per heavy atom. The van der Waals surface area contributed by atoms with E-state index in [1.54, 1.807) is 0 Å². The third-order valence-corrected chi connectivity index (χ3v) is 1.59. The minimum absolute atomic E-state index is 0. The van der Waals surface area contributed by atoms with Gasteiger partial charge in [0.25, 0.3) is 0 Å². The van der Waals surface area contributed by atoms with Crippen LogP contribution in [0.25, 0.3) is 0 Å².